The number of aliphatic hydroxyl groups excluding tert-OH is 1. The van der Waals surface area contributed by atoms with E-state index in [9.17, 15) is 9.90 Å². The van der Waals surface area contributed by atoms with Crippen LogP contribution in [0.4, 0.5) is 0 Å². The highest BCUT2D eigenvalue weighted by molar-refractivity contribution is 8.02. The van der Waals surface area contributed by atoms with E-state index >= 15 is 0 Å². The Morgan fingerprint density at radius 3 is 2.48 bits per heavy atom. The molecule has 1 aromatic carbocycles. The minimum Gasteiger partial charge on any atom is -0.388 e. The van der Waals surface area contributed by atoms with Gasteiger partial charge >= 0.3 is 0 Å². The molecule has 0 radical (unpaired) electrons. The van der Waals surface area contributed by atoms with Crippen LogP contribution in [-0.2, 0) is 4.79 Å². The predicted molar refractivity (Wildman–Crippen MR) is 101 cm³/mol. The van der Waals surface area contributed by atoms with Crippen molar-refractivity contribution in [3.05, 3.63) is 46.9 Å². The van der Waals surface area contributed by atoms with Crippen LogP contribution in [0.15, 0.2) is 41.3 Å². The van der Waals surface area contributed by atoms with Crippen molar-refractivity contribution in [2.45, 2.75) is 58.5 Å². The van der Waals surface area contributed by atoms with Crippen LogP contribution in [0.2, 0.25) is 0 Å². The molecule has 1 rings (SSSR count). The second kappa shape index (κ2) is 11.5. The van der Waals surface area contributed by atoms with E-state index in [1.807, 2.05) is 36.6 Å². The molecule has 0 aliphatic heterocycles. The van der Waals surface area contributed by atoms with Gasteiger partial charge in [-0.3, -0.25) is 4.79 Å². The summed E-state index contributed by atoms with van der Waals surface area (Å²) >= 11 is 1.69. The van der Waals surface area contributed by atoms with E-state index in [2.05, 4.69) is 19.9 Å². The zero-order valence-corrected chi connectivity index (χ0v) is 15.4. The molecule has 3 heteroatoms. The first kappa shape index (κ1) is 20.0. The molecule has 0 aliphatic rings. The summed E-state index contributed by atoms with van der Waals surface area (Å²) in [5.41, 5.74) is 0.953. The van der Waals surface area contributed by atoms with Crippen molar-refractivity contribution in [1.82, 2.24) is 0 Å². The molecule has 0 bridgehead atoms. The quantitative estimate of drug-likeness (QED) is 0.540. The van der Waals surface area contributed by atoms with Crippen LogP contribution in [0.1, 0.15) is 64.0 Å². The van der Waals surface area contributed by atoms with E-state index in [0.717, 1.165) is 37.7 Å². The predicted octanol–water partition coefficient (Wildman–Crippen LogP) is 5.53. The fraction of sp³-hybridized carbons (Fsp3) is 0.550. The highest BCUT2D eigenvalue weighted by Crippen LogP contribution is 2.33. The standard InChI is InChI=1S/C20H30O2S/c1-4-5-13-18(21)14-9-10-15-19(23-3)16(2)20(22)17-11-7-6-8-12-17/h6-8,11-12,15-16,20,22H,4-5,9-10,13-14H2,1-3H3/b19-15+/t16-,20+/m1/s1. The molecule has 23 heavy (non-hydrogen) atoms. The van der Waals surface area contributed by atoms with Gasteiger partial charge in [0.1, 0.15) is 5.78 Å². The average molecular weight is 335 g/mol. The van der Waals surface area contributed by atoms with Crippen LogP contribution in [0.25, 0.3) is 0 Å². The maximum absolute atomic E-state index is 11.7. The Morgan fingerprint density at radius 2 is 1.87 bits per heavy atom. The topological polar surface area (TPSA) is 37.3 Å². The molecular weight excluding hydrogens is 304 g/mol. The van der Waals surface area contributed by atoms with Crippen molar-refractivity contribution in [2.75, 3.05) is 6.26 Å². The van der Waals surface area contributed by atoms with Gasteiger partial charge in [0, 0.05) is 18.8 Å². The maximum atomic E-state index is 11.7. The number of hydrogen-bond acceptors (Lipinski definition) is 3. The van der Waals surface area contributed by atoms with Gasteiger partial charge in [-0.25, -0.2) is 0 Å². The number of thioether (sulfide) groups is 1. The molecule has 128 valence electrons. The highest BCUT2D eigenvalue weighted by atomic mass is 32.2. The second-order valence-electron chi connectivity index (χ2n) is 5.99. The summed E-state index contributed by atoms with van der Waals surface area (Å²) in [5.74, 6) is 0.450. The smallest absolute Gasteiger partial charge is 0.132 e. The number of carbonyl (C=O) groups excluding carboxylic acids is 1. The van der Waals surface area contributed by atoms with Crippen molar-refractivity contribution < 1.29 is 9.90 Å². The van der Waals surface area contributed by atoms with Crippen LogP contribution < -0.4 is 0 Å². The Balaban J connectivity index is 2.49. The Kier molecular flexibility index (Phi) is 9.97. The summed E-state index contributed by atoms with van der Waals surface area (Å²) in [5, 5.41) is 10.5. The number of unbranched alkanes of at least 4 members (excludes halogenated alkanes) is 2. The fourth-order valence-corrected chi connectivity index (χ4v) is 3.38. The first-order valence-electron chi connectivity index (χ1n) is 8.58. The van der Waals surface area contributed by atoms with Gasteiger partial charge in [0.2, 0.25) is 0 Å². The number of benzene rings is 1. The molecule has 0 amide bonds. The number of Topliss-reactive ketones (excluding diaryl/α,β-unsaturated/α-hetero) is 1. The van der Waals surface area contributed by atoms with E-state index in [4.69, 9.17) is 0 Å². The lowest BCUT2D eigenvalue weighted by Gasteiger charge is -2.21. The third-order valence-corrected chi connectivity index (χ3v) is 5.12. The minimum atomic E-state index is -0.485. The molecule has 0 aliphatic carbocycles. The molecule has 0 spiro atoms. The van der Waals surface area contributed by atoms with E-state index < -0.39 is 6.10 Å². The largest absolute Gasteiger partial charge is 0.388 e. The minimum absolute atomic E-state index is 0.0724. The summed E-state index contributed by atoms with van der Waals surface area (Å²) < 4.78 is 0. The number of ketones is 1. The first-order chi connectivity index (χ1) is 11.1. The number of hydrogen-bond donors (Lipinski definition) is 1. The zero-order valence-electron chi connectivity index (χ0n) is 14.6. The Bertz CT molecular complexity index is 482. The van der Waals surface area contributed by atoms with E-state index in [0.29, 0.717) is 12.2 Å². The molecule has 2 nitrogen and oxygen atoms in total. The monoisotopic (exact) mass is 334 g/mol. The summed E-state index contributed by atoms with van der Waals surface area (Å²) in [6.07, 6.45) is 9.04. The van der Waals surface area contributed by atoms with Gasteiger partial charge in [-0.2, -0.15) is 0 Å². The summed E-state index contributed by atoms with van der Waals surface area (Å²) in [4.78, 5) is 12.9. The van der Waals surface area contributed by atoms with Crippen molar-refractivity contribution in [1.29, 1.82) is 0 Å². The molecule has 1 aromatic rings. The zero-order chi connectivity index (χ0) is 17.1. The third kappa shape index (κ3) is 7.36. The molecule has 1 N–H and O–H groups in total. The van der Waals surface area contributed by atoms with Crippen molar-refractivity contribution in [3.8, 4) is 0 Å². The van der Waals surface area contributed by atoms with Gasteiger partial charge in [0.05, 0.1) is 6.10 Å². The summed E-state index contributed by atoms with van der Waals surface area (Å²) in [6.45, 7) is 4.17. The molecule has 0 heterocycles. The Labute approximate surface area is 145 Å². The van der Waals surface area contributed by atoms with Crippen LogP contribution in [0.3, 0.4) is 0 Å². The van der Waals surface area contributed by atoms with Crippen LogP contribution >= 0.6 is 11.8 Å². The van der Waals surface area contributed by atoms with E-state index in [1.54, 1.807) is 11.8 Å². The molecule has 0 aromatic heterocycles. The average Bonchev–Trinajstić information content (AvgIpc) is 2.59. The van der Waals surface area contributed by atoms with Crippen molar-refractivity contribution in [2.24, 2.45) is 5.92 Å². The van der Waals surface area contributed by atoms with Gasteiger partial charge in [0.25, 0.3) is 0 Å². The number of aliphatic hydroxyl groups is 1. The Hall–Kier alpha value is -1.06. The van der Waals surface area contributed by atoms with Crippen LogP contribution in [0.5, 0.6) is 0 Å². The molecule has 0 saturated carbocycles. The number of carbonyl (C=O) groups is 1. The second-order valence-corrected chi connectivity index (χ2v) is 6.87. The SMILES string of the molecule is CCCCC(=O)CCC/C=C(/SC)[C@@H](C)[C@H](O)c1ccccc1. The third-order valence-electron chi connectivity index (χ3n) is 4.11. The lowest BCUT2D eigenvalue weighted by molar-refractivity contribution is -0.119. The lowest BCUT2D eigenvalue weighted by Crippen LogP contribution is -2.10. The summed E-state index contributed by atoms with van der Waals surface area (Å²) in [7, 11) is 0. The van der Waals surface area contributed by atoms with Crippen LogP contribution in [0, 0.1) is 5.92 Å². The normalized spacial score (nSPS) is 14.5. The molecular formula is C20H30O2S. The molecule has 0 fully saturated rings. The fourth-order valence-electron chi connectivity index (χ4n) is 2.59. The van der Waals surface area contributed by atoms with Gasteiger partial charge in [-0.15, -0.1) is 11.8 Å². The molecule has 0 saturated heterocycles. The maximum Gasteiger partial charge on any atom is 0.132 e. The molecule has 0 unspecified atom stereocenters. The highest BCUT2D eigenvalue weighted by Gasteiger charge is 2.19. The lowest BCUT2D eigenvalue weighted by atomic mass is 9.96. The van der Waals surface area contributed by atoms with Gasteiger partial charge in [-0.05, 0) is 36.0 Å². The Morgan fingerprint density at radius 1 is 1.22 bits per heavy atom. The van der Waals surface area contributed by atoms with E-state index in [1.165, 1.54) is 4.91 Å². The van der Waals surface area contributed by atoms with Gasteiger partial charge < -0.3 is 5.11 Å². The van der Waals surface area contributed by atoms with Crippen molar-refractivity contribution >= 4 is 17.5 Å². The van der Waals surface area contributed by atoms with E-state index in [-0.39, 0.29) is 5.92 Å². The van der Waals surface area contributed by atoms with Gasteiger partial charge in [0.15, 0.2) is 0 Å². The number of rotatable bonds is 11. The summed E-state index contributed by atoms with van der Waals surface area (Å²) in [6, 6.07) is 9.80. The van der Waals surface area contributed by atoms with Crippen molar-refractivity contribution in [3.63, 3.8) is 0 Å². The molecule has 2 atom stereocenters. The first-order valence-corrected chi connectivity index (χ1v) is 9.81. The number of allylic oxidation sites excluding steroid dienone is 1. The van der Waals surface area contributed by atoms with Crippen LogP contribution in [-0.4, -0.2) is 17.1 Å². The van der Waals surface area contributed by atoms with Gasteiger partial charge in [-0.1, -0.05) is 56.7 Å².